The third-order valence-electron chi connectivity index (χ3n) is 5.93. The number of nitrogens with one attached hydrogen (secondary N) is 1. The molecule has 0 radical (unpaired) electrons. The van der Waals surface area contributed by atoms with E-state index in [0.717, 1.165) is 48.2 Å². The van der Waals surface area contributed by atoms with Crippen LogP contribution in [0.3, 0.4) is 0 Å². The van der Waals surface area contributed by atoms with Gasteiger partial charge in [0.25, 0.3) is 11.6 Å². The van der Waals surface area contributed by atoms with E-state index in [4.69, 9.17) is 9.47 Å². The molecule has 8 nitrogen and oxygen atoms in total. The number of benzene rings is 3. The van der Waals surface area contributed by atoms with Crippen LogP contribution in [-0.4, -0.2) is 48.8 Å². The van der Waals surface area contributed by atoms with Gasteiger partial charge in [0.1, 0.15) is 5.56 Å². The van der Waals surface area contributed by atoms with Gasteiger partial charge in [-0.05, 0) is 60.0 Å². The molecule has 1 heterocycles. The molecule has 0 atom stereocenters. The Labute approximate surface area is 222 Å². The number of ether oxygens (including phenoxy) is 2. The summed E-state index contributed by atoms with van der Waals surface area (Å²) in [4.78, 5) is 26.6. The zero-order chi connectivity index (χ0) is 26.8. The molecule has 0 aromatic heterocycles. The van der Waals surface area contributed by atoms with Crippen LogP contribution in [0.2, 0.25) is 0 Å². The summed E-state index contributed by atoms with van der Waals surface area (Å²) >= 11 is 1.75. The highest BCUT2D eigenvalue weighted by atomic mass is 32.2. The van der Waals surface area contributed by atoms with Crippen molar-refractivity contribution in [1.82, 2.24) is 4.90 Å². The lowest BCUT2D eigenvalue weighted by Gasteiger charge is -2.29. The van der Waals surface area contributed by atoms with Crippen LogP contribution < -0.4 is 14.8 Å². The lowest BCUT2D eigenvalue weighted by Crippen LogP contribution is -2.32. The van der Waals surface area contributed by atoms with E-state index in [1.807, 2.05) is 38.1 Å². The highest BCUT2D eigenvalue weighted by Gasteiger charge is 2.20. The summed E-state index contributed by atoms with van der Waals surface area (Å²) in [5.41, 5.74) is 3.00. The molecule has 3 aromatic rings. The van der Waals surface area contributed by atoms with E-state index < -0.39 is 10.8 Å². The summed E-state index contributed by atoms with van der Waals surface area (Å²) in [6.07, 6.45) is 0.980. The number of hydrogen-bond donors (Lipinski definition) is 1. The summed E-state index contributed by atoms with van der Waals surface area (Å²) in [7, 11) is 3.32. The van der Waals surface area contributed by atoms with Gasteiger partial charge < -0.3 is 14.8 Å². The number of amides is 1. The van der Waals surface area contributed by atoms with Gasteiger partial charge >= 0.3 is 0 Å². The average Bonchev–Trinajstić information content (AvgIpc) is 2.94. The highest BCUT2D eigenvalue weighted by Crippen LogP contribution is 2.33. The molecule has 3 aromatic carbocycles. The number of methoxy groups -OCH3 is 2. The van der Waals surface area contributed by atoms with Crippen LogP contribution in [0.15, 0.2) is 65.6 Å². The second-order valence-electron chi connectivity index (χ2n) is 8.10. The monoisotopic (exact) mass is 523 g/mol. The fraction of sp³-hybridized carbons (Fsp3) is 0.321. The first-order valence-corrected chi connectivity index (χ1v) is 13.2. The fourth-order valence-corrected chi connectivity index (χ4v) is 5.00. The third-order valence-corrected chi connectivity index (χ3v) is 6.92. The van der Waals surface area contributed by atoms with Gasteiger partial charge in [-0.15, -0.1) is 11.8 Å². The van der Waals surface area contributed by atoms with Crippen LogP contribution in [0.1, 0.15) is 35.3 Å². The van der Waals surface area contributed by atoms with Crippen LogP contribution in [0, 0.1) is 10.1 Å². The fourth-order valence-electron chi connectivity index (χ4n) is 4.08. The Morgan fingerprint density at radius 2 is 1.68 bits per heavy atom. The molecule has 37 heavy (non-hydrogen) atoms. The second-order valence-corrected chi connectivity index (χ2v) is 9.27. The van der Waals surface area contributed by atoms with Gasteiger partial charge in [-0.2, -0.15) is 0 Å². The number of para-hydroxylation sites is 1. The summed E-state index contributed by atoms with van der Waals surface area (Å²) in [5.74, 6) is 1.97. The first-order chi connectivity index (χ1) is 18.0. The molecule has 0 bridgehead atoms. The Morgan fingerprint density at radius 1 is 1.03 bits per heavy atom. The van der Waals surface area contributed by atoms with Crippen LogP contribution in [0.5, 0.6) is 11.5 Å². The van der Waals surface area contributed by atoms with Gasteiger partial charge in [-0.3, -0.25) is 19.8 Å². The number of hydrogen-bond acceptors (Lipinski definition) is 7. The normalized spacial score (nSPS) is 12.5. The van der Waals surface area contributed by atoms with E-state index in [-0.39, 0.29) is 11.3 Å². The maximum atomic E-state index is 12.5. The van der Waals surface area contributed by atoms with Crippen molar-refractivity contribution in [3.8, 4) is 11.5 Å². The molecule has 0 unspecified atom stereocenters. The number of nitro groups is 1. The van der Waals surface area contributed by atoms with Crippen molar-refractivity contribution < 1.29 is 19.2 Å². The van der Waals surface area contributed by atoms with E-state index in [9.17, 15) is 14.9 Å². The number of nitrogens with zero attached hydrogens (tertiary/aromatic N) is 2. The Hall–Kier alpha value is -3.56. The molecule has 0 spiro atoms. The van der Waals surface area contributed by atoms with E-state index in [1.54, 1.807) is 32.0 Å². The van der Waals surface area contributed by atoms with Gasteiger partial charge in [0.2, 0.25) is 0 Å². The van der Waals surface area contributed by atoms with Gasteiger partial charge in [-0.1, -0.05) is 26.0 Å². The van der Waals surface area contributed by atoms with Crippen molar-refractivity contribution in [3.63, 3.8) is 0 Å². The Bertz CT molecular complexity index is 1220. The van der Waals surface area contributed by atoms with Crippen molar-refractivity contribution in [3.05, 3.63) is 87.5 Å². The zero-order valence-corrected chi connectivity index (χ0v) is 22.5. The largest absolute Gasteiger partial charge is 0.493 e. The maximum Gasteiger partial charge on any atom is 0.282 e. The quantitative estimate of drug-likeness (QED) is 0.208. The minimum atomic E-state index is -0.553. The number of carbonyl (C=O) groups is 1. The first kappa shape index (κ1) is 28.0. The molecule has 4 rings (SSSR count). The van der Waals surface area contributed by atoms with Crippen LogP contribution >= 0.6 is 11.8 Å². The molecule has 1 N–H and O–H groups in total. The minimum absolute atomic E-state index is 0.0371. The SMILES string of the molecule is CC.COc1cc2c(cc1OC)CN(CCSc1ccc(NC(=O)c3ccccc3[N+](=O)[O-])cc1)CC2. The van der Waals surface area contributed by atoms with Crippen LogP contribution in [0.25, 0.3) is 0 Å². The molecule has 1 aliphatic rings. The number of thioether (sulfide) groups is 1. The minimum Gasteiger partial charge on any atom is -0.493 e. The van der Waals surface area contributed by atoms with E-state index >= 15 is 0 Å². The number of nitro benzene ring substituents is 1. The topological polar surface area (TPSA) is 93.9 Å². The Balaban J connectivity index is 0.00000186. The van der Waals surface area contributed by atoms with Crippen molar-refractivity contribution in [2.45, 2.75) is 31.7 Å². The van der Waals surface area contributed by atoms with E-state index in [0.29, 0.717) is 5.69 Å². The molecule has 1 aliphatic heterocycles. The molecular formula is C28H33N3O5S. The Morgan fingerprint density at radius 3 is 2.32 bits per heavy atom. The lowest BCUT2D eigenvalue weighted by atomic mass is 9.99. The van der Waals surface area contributed by atoms with Gasteiger partial charge in [0.15, 0.2) is 11.5 Å². The van der Waals surface area contributed by atoms with Crippen LogP contribution in [0.4, 0.5) is 11.4 Å². The smallest absolute Gasteiger partial charge is 0.282 e. The molecule has 0 saturated carbocycles. The van der Waals surface area contributed by atoms with Crippen molar-refractivity contribution >= 4 is 29.0 Å². The highest BCUT2D eigenvalue weighted by molar-refractivity contribution is 7.99. The maximum absolute atomic E-state index is 12.5. The number of fused-ring (bicyclic) bond motifs is 1. The number of rotatable bonds is 9. The van der Waals surface area contributed by atoms with Crippen molar-refractivity contribution in [2.24, 2.45) is 0 Å². The molecule has 0 fully saturated rings. The molecular weight excluding hydrogens is 490 g/mol. The molecule has 196 valence electrons. The van der Waals surface area contributed by atoms with E-state index in [1.165, 1.54) is 29.3 Å². The zero-order valence-electron chi connectivity index (χ0n) is 21.7. The number of anilines is 1. The standard InChI is InChI=1S/C26H27N3O5S.C2H6/c1-33-24-15-18-11-12-28(17-19(18)16-25(24)34-2)13-14-35-21-9-7-20(8-10-21)27-26(30)22-5-3-4-6-23(22)29(31)32;1-2/h3-10,15-16H,11-14,17H2,1-2H3,(H,27,30);1-2H3. The molecule has 9 heteroatoms. The van der Waals surface area contributed by atoms with E-state index in [2.05, 4.69) is 22.3 Å². The first-order valence-electron chi connectivity index (χ1n) is 12.2. The second kappa shape index (κ2) is 13.7. The number of carbonyl (C=O) groups excluding carboxylic acids is 1. The van der Waals surface area contributed by atoms with Crippen molar-refractivity contribution in [2.75, 3.05) is 38.4 Å². The lowest BCUT2D eigenvalue weighted by molar-refractivity contribution is -0.385. The predicted molar refractivity (Wildman–Crippen MR) is 148 cm³/mol. The van der Waals surface area contributed by atoms with Gasteiger partial charge in [-0.25, -0.2) is 0 Å². The molecule has 0 aliphatic carbocycles. The summed E-state index contributed by atoms with van der Waals surface area (Å²) in [6, 6.07) is 17.6. The average molecular weight is 524 g/mol. The third kappa shape index (κ3) is 7.24. The predicted octanol–water partition coefficient (Wildman–Crippen LogP) is 6.04. The van der Waals surface area contributed by atoms with Gasteiger partial charge in [0.05, 0.1) is 19.1 Å². The van der Waals surface area contributed by atoms with Gasteiger partial charge in [0, 0.05) is 42.0 Å². The summed E-state index contributed by atoms with van der Waals surface area (Å²) in [6.45, 7) is 6.83. The van der Waals surface area contributed by atoms with Crippen LogP contribution in [-0.2, 0) is 13.0 Å². The Kier molecular flexibility index (Phi) is 10.3. The molecule has 0 saturated heterocycles. The van der Waals surface area contributed by atoms with Crippen molar-refractivity contribution in [1.29, 1.82) is 0 Å². The summed E-state index contributed by atoms with van der Waals surface area (Å²) in [5, 5.41) is 13.9. The molecule has 1 amide bonds. The summed E-state index contributed by atoms with van der Waals surface area (Å²) < 4.78 is 10.9.